The monoisotopic (exact) mass is 425 g/mol. The van der Waals surface area contributed by atoms with Crippen LogP contribution in [-0.2, 0) is 13.0 Å². The van der Waals surface area contributed by atoms with Crippen LogP contribution in [0.2, 0.25) is 0 Å². The number of imidazole rings is 2. The average molecular weight is 425 g/mol. The van der Waals surface area contributed by atoms with Crippen LogP contribution in [0.4, 0.5) is 5.69 Å². The molecule has 8 nitrogen and oxygen atoms in total. The van der Waals surface area contributed by atoms with Crippen molar-refractivity contribution in [1.82, 2.24) is 28.5 Å². The number of ketones is 1. The molecule has 0 bridgehead atoms. The van der Waals surface area contributed by atoms with Gasteiger partial charge in [-0.05, 0) is 48.9 Å². The number of fused-ring (bicyclic) bond motifs is 2. The summed E-state index contributed by atoms with van der Waals surface area (Å²) in [6, 6.07) is 8.02. The lowest BCUT2D eigenvalue weighted by molar-refractivity contribution is 0.0982. The minimum atomic E-state index is 0.0527. The van der Waals surface area contributed by atoms with Crippen LogP contribution in [0.1, 0.15) is 52.5 Å². The zero-order valence-electron chi connectivity index (χ0n) is 17.6. The van der Waals surface area contributed by atoms with Gasteiger partial charge in [-0.2, -0.15) is 5.10 Å². The molecule has 1 saturated carbocycles. The SMILES string of the molecule is Nc1ccc2c(CCC(=O)c3cnn(Cc4cn5cc(C6CC6)ccc5n4)c3)ncn2c1. The summed E-state index contributed by atoms with van der Waals surface area (Å²) in [5.74, 6) is 0.764. The van der Waals surface area contributed by atoms with Gasteiger partial charge in [0.05, 0.1) is 41.5 Å². The van der Waals surface area contributed by atoms with E-state index in [1.807, 2.05) is 28.9 Å². The van der Waals surface area contributed by atoms with Crippen molar-refractivity contribution in [2.45, 2.75) is 38.1 Å². The summed E-state index contributed by atoms with van der Waals surface area (Å²) in [6.07, 6.45) is 14.7. The van der Waals surface area contributed by atoms with Crippen LogP contribution in [0.25, 0.3) is 11.2 Å². The molecule has 0 unspecified atom stereocenters. The van der Waals surface area contributed by atoms with Gasteiger partial charge in [0.1, 0.15) is 5.65 Å². The lowest BCUT2D eigenvalue weighted by atomic mass is 10.1. The number of nitrogens with two attached hydrogens (primary N) is 1. The number of aryl methyl sites for hydroxylation is 1. The molecule has 8 heteroatoms. The molecule has 1 aliphatic carbocycles. The molecule has 0 radical (unpaired) electrons. The number of pyridine rings is 2. The number of hydrogen-bond donors (Lipinski definition) is 1. The summed E-state index contributed by atoms with van der Waals surface area (Å²) in [6.45, 7) is 0.529. The van der Waals surface area contributed by atoms with Crippen molar-refractivity contribution in [2.75, 3.05) is 5.73 Å². The maximum Gasteiger partial charge on any atom is 0.166 e. The number of aromatic nitrogens is 6. The highest BCUT2D eigenvalue weighted by atomic mass is 16.1. The van der Waals surface area contributed by atoms with Crippen molar-refractivity contribution in [3.05, 3.63) is 84.1 Å². The van der Waals surface area contributed by atoms with E-state index in [-0.39, 0.29) is 5.78 Å². The summed E-state index contributed by atoms with van der Waals surface area (Å²) in [7, 11) is 0. The van der Waals surface area contributed by atoms with Gasteiger partial charge in [-0.3, -0.25) is 9.48 Å². The molecular formula is C24H23N7O. The predicted molar refractivity (Wildman–Crippen MR) is 121 cm³/mol. The minimum absolute atomic E-state index is 0.0527. The number of nitrogen functional groups attached to an aromatic ring is 1. The van der Waals surface area contributed by atoms with Gasteiger partial charge in [0, 0.05) is 36.9 Å². The van der Waals surface area contributed by atoms with Crippen LogP contribution in [0.5, 0.6) is 0 Å². The highest BCUT2D eigenvalue weighted by molar-refractivity contribution is 5.95. The van der Waals surface area contributed by atoms with E-state index in [2.05, 4.69) is 37.8 Å². The van der Waals surface area contributed by atoms with E-state index in [0.29, 0.717) is 36.6 Å². The maximum atomic E-state index is 12.7. The fourth-order valence-corrected chi connectivity index (χ4v) is 4.20. The zero-order chi connectivity index (χ0) is 21.7. The Morgan fingerprint density at radius 2 is 1.97 bits per heavy atom. The molecule has 0 amide bonds. The standard InChI is InChI=1S/C24H23N7O/c25-19-4-6-22-21(26-15-30(22)12-19)5-7-23(32)18-9-27-31(11-18)14-20-13-29-10-17(16-1-2-16)3-8-24(29)28-20/h3-4,6,8-13,15-16H,1-2,5,7,14,25H2. The van der Waals surface area contributed by atoms with E-state index in [9.17, 15) is 4.79 Å². The van der Waals surface area contributed by atoms with Gasteiger partial charge in [-0.1, -0.05) is 6.07 Å². The Labute approximate surface area is 184 Å². The lowest BCUT2D eigenvalue weighted by Crippen LogP contribution is -2.02. The molecule has 0 aliphatic heterocycles. The van der Waals surface area contributed by atoms with Crippen molar-refractivity contribution < 1.29 is 4.79 Å². The average Bonchev–Trinajstić information content (AvgIpc) is 3.21. The highest BCUT2D eigenvalue weighted by Gasteiger charge is 2.23. The number of anilines is 1. The Morgan fingerprint density at radius 3 is 2.84 bits per heavy atom. The number of rotatable bonds is 7. The second-order valence-corrected chi connectivity index (χ2v) is 8.53. The molecule has 1 fully saturated rings. The topological polar surface area (TPSA) is 95.5 Å². The van der Waals surface area contributed by atoms with Crippen LogP contribution in [0.3, 0.4) is 0 Å². The molecule has 0 saturated heterocycles. The highest BCUT2D eigenvalue weighted by Crippen LogP contribution is 2.39. The molecule has 0 atom stereocenters. The Bertz CT molecular complexity index is 1450. The number of carbonyl (C=O) groups excluding carboxylic acids is 1. The van der Waals surface area contributed by atoms with Gasteiger partial charge in [0.2, 0.25) is 0 Å². The first-order chi connectivity index (χ1) is 15.6. The van der Waals surface area contributed by atoms with Crippen LogP contribution in [-0.4, -0.2) is 34.3 Å². The third-order valence-electron chi connectivity index (χ3n) is 6.07. The summed E-state index contributed by atoms with van der Waals surface area (Å²) in [5.41, 5.74) is 12.2. The van der Waals surface area contributed by atoms with Crippen LogP contribution in [0, 0.1) is 0 Å². The second kappa shape index (κ2) is 7.33. The van der Waals surface area contributed by atoms with Gasteiger partial charge < -0.3 is 14.5 Å². The van der Waals surface area contributed by atoms with Crippen LogP contribution < -0.4 is 5.73 Å². The fourth-order valence-electron chi connectivity index (χ4n) is 4.20. The van der Waals surface area contributed by atoms with Crippen molar-refractivity contribution in [1.29, 1.82) is 0 Å². The van der Waals surface area contributed by atoms with Crippen molar-refractivity contribution in [3.8, 4) is 0 Å². The predicted octanol–water partition coefficient (Wildman–Crippen LogP) is 3.50. The molecule has 2 N–H and O–H groups in total. The quantitative estimate of drug-likeness (QED) is 0.403. The third-order valence-corrected chi connectivity index (χ3v) is 6.07. The Morgan fingerprint density at radius 1 is 1.06 bits per heavy atom. The van der Waals surface area contributed by atoms with E-state index in [4.69, 9.17) is 5.73 Å². The zero-order valence-corrected chi connectivity index (χ0v) is 17.6. The molecule has 5 heterocycles. The van der Waals surface area contributed by atoms with Crippen molar-refractivity contribution in [2.24, 2.45) is 0 Å². The van der Waals surface area contributed by atoms with Crippen molar-refractivity contribution in [3.63, 3.8) is 0 Å². The van der Waals surface area contributed by atoms with Crippen molar-refractivity contribution >= 4 is 22.6 Å². The molecule has 1 aliphatic rings. The minimum Gasteiger partial charge on any atom is -0.398 e. The molecule has 5 aromatic heterocycles. The number of Topliss-reactive ketones (excluding diaryl/α,β-unsaturated/α-hetero) is 1. The smallest absolute Gasteiger partial charge is 0.166 e. The third kappa shape index (κ3) is 3.53. The maximum absolute atomic E-state index is 12.7. The molecule has 0 aromatic carbocycles. The van der Waals surface area contributed by atoms with E-state index in [1.54, 1.807) is 23.4 Å². The van der Waals surface area contributed by atoms with Crippen LogP contribution >= 0.6 is 0 Å². The summed E-state index contributed by atoms with van der Waals surface area (Å²) >= 11 is 0. The Hall–Kier alpha value is -3.94. The van der Waals surface area contributed by atoms with E-state index in [1.165, 1.54) is 18.4 Å². The van der Waals surface area contributed by atoms with Crippen LogP contribution in [0.15, 0.2) is 61.6 Å². The largest absolute Gasteiger partial charge is 0.398 e. The Balaban J connectivity index is 1.13. The summed E-state index contributed by atoms with van der Waals surface area (Å²) in [5, 5.41) is 4.38. The molecule has 160 valence electrons. The van der Waals surface area contributed by atoms with Gasteiger partial charge in [0.25, 0.3) is 0 Å². The molecular weight excluding hydrogens is 402 g/mol. The van der Waals surface area contributed by atoms with E-state index in [0.717, 1.165) is 22.6 Å². The lowest BCUT2D eigenvalue weighted by Gasteiger charge is -2.00. The first kappa shape index (κ1) is 18.8. The van der Waals surface area contributed by atoms with Gasteiger partial charge in [-0.15, -0.1) is 0 Å². The first-order valence-electron chi connectivity index (χ1n) is 10.9. The van der Waals surface area contributed by atoms with Gasteiger partial charge in [-0.25, -0.2) is 9.97 Å². The summed E-state index contributed by atoms with van der Waals surface area (Å²) in [4.78, 5) is 21.8. The molecule has 5 aromatic rings. The number of nitrogens with zero attached hydrogens (tertiary/aromatic N) is 6. The second-order valence-electron chi connectivity index (χ2n) is 8.53. The molecule has 0 spiro atoms. The number of carbonyl (C=O) groups is 1. The number of hydrogen-bond acceptors (Lipinski definition) is 5. The Kier molecular flexibility index (Phi) is 4.31. The van der Waals surface area contributed by atoms with E-state index >= 15 is 0 Å². The van der Waals surface area contributed by atoms with Gasteiger partial charge >= 0.3 is 0 Å². The fraction of sp³-hybridized carbons (Fsp3) is 0.250. The van der Waals surface area contributed by atoms with Gasteiger partial charge in [0.15, 0.2) is 5.78 Å². The molecule has 32 heavy (non-hydrogen) atoms. The first-order valence-corrected chi connectivity index (χ1v) is 10.9. The van der Waals surface area contributed by atoms with E-state index < -0.39 is 0 Å². The molecule has 6 rings (SSSR count). The normalized spacial score (nSPS) is 13.9. The summed E-state index contributed by atoms with van der Waals surface area (Å²) < 4.78 is 5.74.